The van der Waals surface area contributed by atoms with Crippen molar-refractivity contribution in [1.29, 1.82) is 0 Å². The zero-order chi connectivity index (χ0) is 19.2. The van der Waals surface area contributed by atoms with Crippen LogP contribution in [-0.2, 0) is 14.4 Å². The second-order valence-electron chi connectivity index (χ2n) is 5.40. The number of alkyl halides is 4. The highest BCUT2D eigenvalue weighted by molar-refractivity contribution is 7.87. The van der Waals surface area contributed by atoms with Gasteiger partial charge in [0.15, 0.2) is 0 Å². The summed E-state index contributed by atoms with van der Waals surface area (Å²) in [6, 6.07) is 13.4. The van der Waals surface area contributed by atoms with E-state index >= 15 is 0 Å². The molecule has 0 saturated carbocycles. The Bertz CT molecular complexity index is 969. The molecule has 0 heterocycles. The molecule has 0 unspecified atom stereocenters. The first kappa shape index (κ1) is 18.1. The van der Waals surface area contributed by atoms with Crippen LogP contribution in [0.25, 0.3) is 11.1 Å². The summed E-state index contributed by atoms with van der Waals surface area (Å²) < 4.78 is 81.0. The maximum absolute atomic E-state index is 13.6. The Morgan fingerprint density at radius 2 is 1.31 bits per heavy atom. The van der Waals surface area contributed by atoms with Gasteiger partial charge < -0.3 is 0 Å². The van der Waals surface area contributed by atoms with Crippen LogP contribution in [0.15, 0.2) is 66.3 Å². The van der Waals surface area contributed by atoms with Gasteiger partial charge >= 0.3 is 21.3 Å². The lowest BCUT2D eigenvalue weighted by molar-refractivity contribution is -0.127. The molecule has 0 aliphatic heterocycles. The molecule has 4 nitrogen and oxygen atoms in total. The van der Waals surface area contributed by atoms with Gasteiger partial charge in [-0.15, -0.1) is 0 Å². The number of fused-ring (bicyclic) bond motifs is 3. The number of rotatable bonds is 5. The van der Waals surface area contributed by atoms with Crippen molar-refractivity contribution in [2.24, 2.45) is 5.16 Å². The van der Waals surface area contributed by atoms with Crippen molar-refractivity contribution in [2.75, 3.05) is 0 Å². The monoisotopic (exact) mass is 385 g/mol. The van der Waals surface area contributed by atoms with Crippen LogP contribution < -0.4 is 0 Å². The van der Waals surface area contributed by atoms with Gasteiger partial charge in [0.25, 0.3) is 0 Å². The molecule has 0 amide bonds. The molecular weight excluding hydrogens is 374 g/mol. The van der Waals surface area contributed by atoms with Crippen LogP contribution in [0.1, 0.15) is 11.1 Å². The van der Waals surface area contributed by atoms with Crippen molar-refractivity contribution < 1.29 is 30.3 Å². The molecule has 0 atom stereocenters. The molecule has 0 bridgehead atoms. The van der Waals surface area contributed by atoms with Crippen molar-refractivity contribution in [3.63, 3.8) is 0 Å². The van der Waals surface area contributed by atoms with Gasteiger partial charge in [-0.2, -0.15) is 26.0 Å². The highest BCUT2D eigenvalue weighted by Gasteiger charge is 2.66. The van der Waals surface area contributed by atoms with Gasteiger partial charge in [0.1, 0.15) is 5.71 Å². The predicted molar refractivity (Wildman–Crippen MR) is 87.6 cm³/mol. The van der Waals surface area contributed by atoms with Crippen LogP contribution in [0.2, 0.25) is 0 Å². The van der Waals surface area contributed by atoms with E-state index in [1.807, 2.05) is 0 Å². The SMILES string of the molecule is C=CC(F)(F)C(F)(F)S(=O)(=O)ON=C1c2ccccc2-c2ccccc21. The molecule has 2 aromatic rings. The van der Waals surface area contributed by atoms with Crippen LogP contribution in [-0.4, -0.2) is 25.3 Å². The molecule has 0 fully saturated rings. The fourth-order valence-corrected chi connectivity index (χ4v) is 3.19. The fraction of sp³-hybridized carbons (Fsp3) is 0.118. The first-order chi connectivity index (χ1) is 12.1. The summed E-state index contributed by atoms with van der Waals surface area (Å²) in [7, 11) is -6.06. The van der Waals surface area contributed by atoms with E-state index < -0.39 is 27.4 Å². The van der Waals surface area contributed by atoms with Crippen molar-refractivity contribution in [1.82, 2.24) is 0 Å². The minimum Gasteiger partial charge on any atom is -0.263 e. The predicted octanol–water partition coefficient (Wildman–Crippen LogP) is 4.18. The van der Waals surface area contributed by atoms with Crippen LogP contribution in [0.4, 0.5) is 17.6 Å². The Morgan fingerprint density at radius 3 is 1.73 bits per heavy atom. The smallest absolute Gasteiger partial charge is 0.263 e. The van der Waals surface area contributed by atoms with Crippen molar-refractivity contribution in [2.45, 2.75) is 11.2 Å². The second-order valence-corrected chi connectivity index (χ2v) is 6.97. The van der Waals surface area contributed by atoms with Gasteiger partial charge in [-0.25, -0.2) is 0 Å². The minimum absolute atomic E-state index is 0.0440. The van der Waals surface area contributed by atoms with Gasteiger partial charge in [-0.1, -0.05) is 60.3 Å². The number of hydrogen-bond acceptors (Lipinski definition) is 4. The van der Waals surface area contributed by atoms with Crippen molar-refractivity contribution in [3.05, 3.63) is 72.3 Å². The number of benzene rings is 2. The molecule has 9 heteroatoms. The number of halogens is 4. The summed E-state index contributed by atoms with van der Waals surface area (Å²) in [5.74, 6) is -5.02. The van der Waals surface area contributed by atoms with E-state index in [1.54, 1.807) is 48.5 Å². The third-order valence-corrected chi connectivity index (χ3v) is 5.01. The molecule has 0 aromatic heterocycles. The number of hydrogen-bond donors (Lipinski definition) is 0. The van der Waals surface area contributed by atoms with Crippen LogP contribution in [0, 0.1) is 0 Å². The summed E-state index contributed by atoms with van der Waals surface area (Å²) in [5.41, 5.74) is 2.19. The van der Waals surface area contributed by atoms with Crippen molar-refractivity contribution >= 4 is 15.8 Å². The molecular formula is C17H11F4NO3S. The summed E-state index contributed by atoms with van der Waals surface area (Å²) >= 11 is 0. The summed E-state index contributed by atoms with van der Waals surface area (Å²) in [6.45, 7) is 2.52. The first-order valence-corrected chi connectivity index (χ1v) is 8.63. The largest absolute Gasteiger partial charge is 0.448 e. The topological polar surface area (TPSA) is 55.7 Å². The van der Waals surface area contributed by atoms with E-state index in [-0.39, 0.29) is 5.71 Å². The van der Waals surface area contributed by atoms with Crippen LogP contribution >= 0.6 is 0 Å². The molecule has 0 spiro atoms. The highest BCUT2D eigenvalue weighted by atomic mass is 32.2. The Kier molecular flexibility index (Phi) is 4.14. The zero-order valence-corrected chi connectivity index (χ0v) is 13.8. The molecule has 0 N–H and O–H groups in total. The molecule has 1 aliphatic rings. The van der Waals surface area contributed by atoms with E-state index in [2.05, 4.69) is 16.0 Å². The average molecular weight is 385 g/mol. The lowest BCUT2D eigenvalue weighted by Crippen LogP contribution is -2.46. The zero-order valence-electron chi connectivity index (χ0n) is 13.0. The first-order valence-electron chi connectivity index (χ1n) is 7.22. The Labute approximate surface area is 146 Å². The van der Waals surface area contributed by atoms with Gasteiger partial charge in [-0.05, 0) is 17.2 Å². The maximum Gasteiger partial charge on any atom is 0.448 e. The molecule has 3 rings (SSSR count). The second kappa shape index (κ2) is 5.94. The molecule has 2 aromatic carbocycles. The summed E-state index contributed by atoms with van der Waals surface area (Å²) in [4.78, 5) is 0. The molecule has 136 valence electrons. The summed E-state index contributed by atoms with van der Waals surface area (Å²) in [5, 5.41) is -2.25. The van der Waals surface area contributed by atoms with Gasteiger partial charge in [0.2, 0.25) is 0 Å². The number of oxime groups is 1. The minimum atomic E-state index is -6.06. The third-order valence-electron chi connectivity index (χ3n) is 3.84. The Balaban J connectivity index is 2.05. The molecule has 26 heavy (non-hydrogen) atoms. The number of allylic oxidation sites excluding steroid dienone is 1. The van der Waals surface area contributed by atoms with E-state index in [4.69, 9.17) is 0 Å². The maximum atomic E-state index is 13.6. The Hall–Kier alpha value is -2.68. The van der Waals surface area contributed by atoms with Crippen LogP contribution in [0.3, 0.4) is 0 Å². The highest BCUT2D eigenvalue weighted by Crippen LogP contribution is 2.41. The van der Waals surface area contributed by atoms with Crippen molar-refractivity contribution in [3.8, 4) is 11.1 Å². The standard InChI is InChI=1S/C17H11F4NO3S/c1-2-16(18,19)17(20,21)26(23,24)25-22-15-13-9-5-3-7-11(13)12-8-4-6-10-14(12)15/h2-10H,1H2. The molecule has 1 aliphatic carbocycles. The quantitative estimate of drug-likeness (QED) is 0.376. The molecule has 0 radical (unpaired) electrons. The van der Waals surface area contributed by atoms with Gasteiger partial charge in [0.05, 0.1) is 0 Å². The summed E-state index contributed by atoms with van der Waals surface area (Å²) in [6.07, 6.45) is -0.457. The third kappa shape index (κ3) is 2.59. The lowest BCUT2D eigenvalue weighted by Gasteiger charge is -2.21. The van der Waals surface area contributed by atoms with Gasteiger partial charge in [0, 0.05) is 11.1 Å². The fourth-order valence-electron chi connectivity index (χ4n) is 2.51. The van der Waals surface area contributed by atoms with E-state index in [1.165, 1.54) is 0 Å². The van der Waals surface area contributed by atoms with E-state index in [9.17, 15) is 26.0 Å². The molecule has 0 saturated heterocycles. The van der Waals surface area contributed by atoms with Crippen LogP contribution in [0.5, 0.6) is 0 Å². The van der Waals surface area contributed by atoms with E-state index in [0.717, 1.165) is 0 Å². The lowest BCUT2D eigenvalue weighted by atomic mass is 10.1. The Morgan fingerprint density at radius 1 is 0.885 bits per heavy atom. The van der Waals surface area contributed by atoms with Gasteiger partial charge in [-0.3, -0.25) is 4.28 Å². The average Bonchev–Trinajstić information content (AvgIpc) is 2.94. The normalized spacial score (nSPS) is 13.8. The van der Waals surface area contributed by atoms with E-state index in [0.29, 0.717) is 22.3 Å². The number of nitrogens with zero attached hydrogens (tertiary/aromatic N) is 1.